The summed E-state index contributed by atoms with van der Waals surface area (Å²) in [7, 11) is 0. The Morgan fingerprint density at radius 2 is 2.04 bits per heavy atom. The topological polar surface area (TPSA) is 51.2 Å². The molecule has 1 amide bonds. The number of rotatable bonds is 8. The van der Waals surface area contributed by atoms with Crippen LogP contribution < -0.4 is 10.1 Å². The minimum absolute atomic E-state index is 0.00223. The molecule has 0 aliphatic heterocycles. The molecule has 0 radical (unpaired) electrons. The molecule has 1 N–H and O–H groups in total. The van der Waals surface area contributed by atoms with Gasteiger partial charge in [0.15, 0.2) is 0 Å². The Hall–Kier alpha value is -2.66. The van der Waals surface area contributed by atoms with Crippen molar-refractivity contribution in [1.29, 1.82) is 0 Å². The Bertz CT molecular complexity index is 905. The van der Waals surface area contributed by atoms with Crippen LogP contribution in [0.1, 0.15) is 23.7 Å². The molecule has 1 aromatic heterocycles. The molecular formula is C22H24N2O2S. The molecule has 3 rings (SSSR count). The van der Waals surface area contributed by atoms with Crippen LogP contribution in [0.3, 0.4) is 0 Å². The largest absolute Gasteiger partial charge is 0.493 e. The van der Waals surface area contributed by atoms with Crippen LogP contribution in [-0.4, -0.2) is 24.0 Å². The molecule has 0 aliphatic carbocycles. The predicted octanol–water partition coefficient (Wildman–Crippen LogP) is 4.42. The zero-order valence-corrected chi connectivity index (χ0v) is 16.5. The number of hydrogen-bond acceptors (Lipinski definition) is 4. The number of hydrogen-bond donors (Lipinski definition) is 1. The van der Waals surface area contributed by atoms with E-state index in [4.69, 9.17) is 4.74 Å². The fourth-order valence-corrected chi connectivity index (χ4v) is 3.73. The average Bonchev–Trinajstić information content (AvgIpc) is 3.11. The summed E-state index contributed by atoms with van der Waals surface area (Å²) in [6.07, 6.45) is 1.12. The summed E-state index contributed by atoms with van der Waals surface area (Å²) in [4.78, 5) is 16.8. The Kier molecular flexibility index (Phi) is 6.60. The van der Waals surface area contributed by atoms with Gasteiger partial charge in [0.25, 0.3) is 0 Å². The fourth-order valence-electron chi connectivity index (χ4n) is 2.88. The molecule has 27 heavy (non-hydrogen) atoms. The lowest BCUT2D eigenvalue weighted by Gasteiger charge is -2.07. The number of nitrogens with one attached hydrogen (secondary N) is 1. The second-order valence-corrected chi connectivity index (χ2v) is 7.20. The van der Waals surface area contributed by atoms with E-state index in [0.29, 0.717) is 19.6 Å². The molecule has 140 valence electrons. The molecule has 2 aromatic carbocycles. The van der Waals surface area contributed by atoms with Crippen molar-refractivity contribution in [3.8, 4) is 16.3 Å². The van der Waals surface area contributed by atoms with E-state index >= 15 is 0 Å². The monoisotopic (exact) mass is 380 g/mol. The Morgan fingerprint density at radius 3 is 2.85 bits per heavy atom. The van der Waals surface area contributed by atoms with Gasteiger partial charge in [0.2, 0.25) is 5.91 Å². The van der Waals surface area contributed by atoms with Gasteiger partial charge in [-0.25, -0.2) is 4.98 Å². The maximum absolute atomic E-state index is 12.2. The van der Waals surface area contributed by atoms with Gasteiger partial charge in [-0.1, -0.05) is 42.0 Å². The molecule has 0 bridgehead atoms. The second-order valence-electron chi connectivity index (χ2n) is 6.34. The van der Waals surface area contributed by atoms with Crippen LogP contribution in [0.4, 0.5) is 0 Å². The van der Waals surface area contributed by atoms with E-state index in [-0.39, 0.29) is 5.91 Å². The van der Waals surface area contributed by atoms with Crippen molar-refractivity contribution in [2.75, 3.05) is 13.2 Å². The molecule has 1 heterocycles. The summed E-state index contributed by atoms with van der Waals surface area (Å²) in [5.41, 5.74) is 4.23. The van der Waals surface area contributed by atoms with Gasteiger partial charge in [-0.15, -0.1) is 11.3 Å². The highest BCUT2D eigenvalue weighted by molar-refractivity contribution is 7.13. The predicted molar refractivity (Wildman–Crippen MR) is 110 cm³/mol. The zero-order chi connectivity index (χ0) is 19.1. The molecule has 0 saturated carbocycles. The standard InChI is InChI=1S/C22H24N2O2S/c1-3-26-20-10-5-4-9-19(20)22-24-18(15-27-22)14-21(25)23-12-11-17-8-6-7-16(2)13-17/h4-10,13,15H,3,11-12,14H2,1-2H3,(H,23,25). The Labute approximate surface area is 164 Å². The van der Waals surface area contributed by atoms with Gasteiger partial charge in [-0.3, -0.25) is 4.79 Å². The molecule has 0 atom stereocenters. The van der Waals surface area contributed by atoms with E-state index in [2.05, 4.69) is 35.4 Å². The molecular weight excluding hydrogens is 356 g/mol. The van der Waals surface area contributed by atoms with E-state index in [9.17, 15) is 4.79 Å². The lowest BCUT2D eigenvalue weighted by molar-refractivity contribution is -0.120. The number of thiazole rings is 1. The lowest BCUT2D eigenvalue weighted by Crippen LogP contribution is -2.27. The molecule has 3 aromatic rings. The first kappa shape index (κ1) is 19.1. The number of aromatic nitrogens is 1. The number of nitrogens with zero attached hydrogens (tertiary/aromatic N) is 1. The van der Waals surface area contributed by atoms with Crippen LogP contribution >= 0.6 is 11.3 Å². The first-order chi connectivity index (χ1) is 13.2. The van der Waals surface area contributed by atoms with E-state index in [0.717, 1.165) is 28.4 Å². The van der Waals surface area contributed by atoms with E-state index in [1.54, 1.807) is 0 Å². The molecule has 0 unspecified atom stereocenters. The molecule has 0 fully saturated rings. The summed E-state index contributed by atoms with van der Waals surface area (Å²) >= 11 is 1.54. The quantitative estimate of drug-likeness (QED) is 0.629. The van der Waals surface area contributed by atoms with Gasteiger partial charge in [-0.2, -0.15) is 0 Å². The van der Waals surface area contributed by atoms with E-state index in [1.165, 1.54) is 22.5 Å². The van der Waals surface area contributed by atoms with Crippen molar-refractivity contribution in [1.82, 2.24) is 10.3 Å². The molecule has 4 nitrogen and oxygen atoms in total. The maximum Gasteiger partial charge on any atom is 0.226 e. The lowest BCUT2D eigenvalue weighted by atomic mass is 10.1. The highest BCUT2D eigenvalue weighted by atomic mass is 32.1. The Morgan fingerprint density at radius 1 is 1.19 bits per heavy atom. The smallest absolute Gasteiger partial charge is 0.226 e. The first-order valence-corrected chi connectivity index (χ1v) is 10.0. The minimum atomic E-state index is -0.00223. The van der Waals surface area contributed by atoms with Crippen molar-refractivity contribution >= 4 is 17.2 Å². The maximum atomic E-state index is 12.2. The number of amides is 1. The normalized spacial score (nSPS) is 10.6. The average molecular weight is 381 g/mol. The highest BCUT2D eigenvalue weighted by Crippen LogP contribution is 2.32. The second kappa shape index (κ2) is 9.33. The minimum Gasteiger partial charge on any atom is -0.493 e. The van der Waals surface area contributed by atoms with Crippen molar-refractivity contribution in [2.45, 2.75) is 26.7 Å². The van der Waals surface area contributed by atoms with Gasteiger partial charge in [0.05, 0.1) is 24.3 Å². The van der Waals surface area contributed by atoms with Crippen LogP contribution in [0.5, 0.6) is 5.75 Å². The third-order valence-electron chi connectivity index (χ3n) is 4.13. The fraction of sp³-hybridized carbons (Fsp3) is 0.273. The zero-order valence-electron chi connectivity index (χ0n) is 15.7. The highest BCUT2D eigenvalue weighted by Gasteiger charge is 2.12. The molecule has 5 heteroatoms. The number of para-hydroxylation sites is 1. The van der Waals surface area contributed by atoms with Crippen molar-refractivity contribution in [3.05, 3.63) is 70.7 Å². The number of carbonyl (C=O) groups is 1. The summed E-state index contributed by atoms with van der Waals surface area (Å²) < 4.78 is 5.67. The summed E-state index contributed by atoms with van der Waals surface area (Å²) in [6.45, 7) is 5.28. The van der Waals surface area contributed by atoms with Crippen LogP contribution in [0.2, 0.25) is 0 Å². The van der Waals surface area contributed by atoms with E-state index in [1.807, 2.05) is 42.6 Å². The third kappa shape index (κ3) is 5.41. The first-order valence-electron chi connectivity index (χ1n) is 9.14. The molecule has 0 spiro atoms. The molecule has 0 saturated heterocycles. The number of ether oxygens (including phenoxy) is 1. The Balaban J connectivity index is 1.55. The van der Waals surface area contributed by atoms with E-state index < -0.39 is 0 Å². The summed E-state index contributed by atoms with van der Waals surface area (Å²) in [5, 5.41) is 5.80. The van der Waals surface area contributed by atoms with Gasteiger partial charge in [0, 0.05) is 11.9 Å². The van der Waals surface area contributed by atoms with Crippen molar-refractivity contribution in [3.63, 3.8) is 0 Å². The SMILES string of the molecule is CCOc1ccccc1-c1nc(CC(=O)NCCc2cccc(C)c2)cs1. The van der Waals surface area contributed by atoms with Crippen molar-refractivity contribution < 1.29 is 9.53 Å². The van der Waals surface area contributed by atoms with Gasteiger partial charge in [-0.05, 0) is 38.0 Å². The number of benzene rings is 2. The summed E-state index contributed by atoms with van der Waals surface area (Å²) in [6, 6.07) is 16.2. The van der Waals surface area contributed by atoms with Gasteiger partial charge < -0.3 is 10.1 Å². The number of aryl methyl sites for hydroxylation is 1. The van der Waals surface area contributed by atoms with Crippen molar-refractivity contribution in [2.24, 2.45) is 0 Å². The molecule has 0 aliphatic rings. The summed E-state index contributed by atoms with van der Waals surface area (Å²) in [5.74, 6) is 0.820. The van der Waals surface area contributed by atoms with Gasteiger partial charge in [0.1, 0.15) is 10.8 Å². The van der Waals surface area contributed by atoms with Gasteiger partial charge >= 0.3 is 0 Å². The van der Waals surface area contributed by atoms with Crippen LogP contribution in [-0.2, 0) is 17.6 Å². The van der Waals surface area contributed by atoms with Crippen LogP contribution in [0.15, 0.2) is 53.9 Å². The number of carbonyl (C=O) groups excluding carboxylic acids is 1. The van der Waals surface area contributed by atoms with Crippen LogP contribution in [0.25, 0.3) is 10.6 Å². The van der Waals surface area contributed by atoms with Crippen LogP contribution in [0, 0.1) is 6.92 Å². The third-order valence-corrected chi connectivity index (χ3v) is 5.05.